The van der Waals surface area contributed by atoms with E-state index in [4.69, 9.17) is 0 Å². The number of hydrogen-bond donors (Lipinski definition) is 4. The first-order valence-corrected chi connectivity index (χ1v) is 9.17. The van der Waals surface area contributed by atoms with Crippen molar-refractivity contribution in [3.8, 4) is 5.75 Å². The number of rotatable bonds is 5. The number of hydrogen-bond acceptors (Lipinski definition) is 6. The molecule has 0 saturated carbocycles. The van der Waals surface area contributed by atoms with E-state index in [9.17, 15) is 19.5 Å². The standard InChI is InChI=1S/C19H15IN4O4/c1-2-17(26)23-15-9-22-11(6-16(15)25)7-21-8-14-13-5-10(20)3-4-12(13)18(27)24-19(14)28/h2-6,8-9,21H,1,7H2,(H,22,25)(H,23,26)(H,24,27,28). The minimum Gasteiger partial charge on any atom is -0.506 e. The summed E-state index contributed by atoms with van der Waals surface area (Å²) < 4.78 is 0.897. The maximum atomic E-state index is 12.2. The van der Waals surface area contributed by atoms with E-state index < -0.39 is 17.7 Å². The van der Waals surface area contributed by atoms with Crippen LogP contribution in [0.1, 0.15) is 21.6 Å². The fraction of sp³-hybridized carbons (Fsp3) is 0.0526. The first-order chi connectivity index (χ1) is 13.4. The highest BCUT2D eigenvalue weighted by molar-refractivity contribution is 14.1. The van der Waals surface area contributed by atoms with E-state index in [0.717, 1.165) is 9.65 Å². The van der Waals surface area contributed by atoms with E-state index in [2.05, 4.69) is 50.1 Å². The van der Waals surface area contributed by atoms with Gasteiger partial charge in [-0.3, -0.25) is 24.7 Å². The van der Waals surface area contributed by atoms with Crippen LogP contribution >= 0.6 is 22.6 Å². The Labute approximate surface area is 173 Å². The van der Waals surface area contributed by atoms with E-state index in [1.807, 2.05) is 0 Å². The van der Waals surface area contributed by atoms with Gasteiger partial charge in [0.15, 0.2) is 0 Å². The van der Waals surface area contributed by atoms with Crippen LogP contribution in [0.4, 0.5) is 5.69 Å². The highest BCUT2D eigenvalue weighted by Crippen LogP contribution is 2.26. The Balaban J connectivity index is 1.77. The maximum absolute atomic E-state index is 12.2. The van der Waals surface area contributed by atoms with Gasteiger partial charge in [0.05, 0.1) is 24.0 Å². The third-order valence-corrected chi connectivity index (χ3v) is 4.57. The molecule has 0 saturated heterocycles. The van der Waals surface area contributed by atoms with Crippen LogP contribution in [0.25, 0.3) is 5.57 Å². The van der Waals surface area contributed by atoms with Gasteiger partial charge in [-0.15, -0.1) is 0 Å². The fourth-order valence-electron chi connectivity index (χ4n) is 2.56. The predicted molar refractivity (Wildman–Crippen MR) is 111 cm³/mol. The molecule has 0 fully saturated rings. The zero-order chi connectivity index (χ0) is 20.3. The first-order valence-electron chi connectivity index (χ1n) is 8.09. The average Bonchev–Trinajstić information content (AvgIpc) is 2.66. The Bertz CT molecular complexity index is 1030. The molecule has 142 valence electrons. The molecular formula is C19H15IN4O4. The topological polar surface area (TPSA) is 120 Å². The number of nitrogens with zero attached hydrogens (tertiary/aromatic N) is 1. The van der Waals surface area contributed by atoms with Gasteiger partial charge in [-0.25, -0.2) is 0 Å². The molecule has 9 heteroatoms. The smallest absolute Gasteiger partial charge is 0.260 e. The van der Waals surface area contributed by atoms with Crippen LogP contribution in [0.2, 0.25) is 0 Å². The lowest BCUT2D eigenvalue weighted by Gasteiger charge is -2.18. The van der Waals surface area contributed by atoms with Crippen LogP contribution < -0.4 is 16.0 Å². The SMILES string of the molecule is C=CC(=O)Nc1cnc(CNC=C2C(=O)NC(=O)c3ccc(I)cc32)cc1O. The monoisotopic (exact) mass is 490 g/mol. The molecule has 0 aliphatic carbocycles. The average molecular weight is 490 g/mol. The second-order valence-corrected chi connectivity index (χ2v) is 7.04. The lowest BCUT2D eigenvalue weighted by molar-refractivity contribution is -0.115. The van der Waals surface area contributed by atoms with E-state index in [1.165, 1.54) is 18.5 Å². The minimum atomic E-state index is -0.495. The van der Waals surface area contributed by atoms with Gasteiger partial charge in [-0.05, 0) is 46.9 Å². The summed E-state index contributed by atoms with van der Waals surface area (Å²) in [5, 5.41) is 17.7. The third-order valence-electron chi connectivity index (χ3n) is 3.90. The molecule has 1 aliphatic heterocycles. The first kappa shape index (κ1) is 19.5. The zero-order valence-corrected chi connectivity index (χ0v) is 16.6. The van der Waals surface area contributed by atoms with E-state index in [-0.39, 0.29) is 18.0 Å². The van der Waals surface area contributed by atoms with Crippen molar-refractivity contribution in [1.29, 1.82) is 0 Å². The number of benzene rings is 1. The number of carbonyl (C=O) groups is 3. The summed E-state index contributed by atoms with van der Waals surface area (Å²) in [5.74, 6) is -1.53. The van der Waals surface area contributed by atoms with Gasteiger partial charge in [0.25, 0.3) is 11.8 Å². The van der Waals surface area contributed by atoms with Gasteiger partial charge in [-0.1, -0.05) is 6.58 Å². The number of amides is 3. The van der Waals surface area contributed by atoms with E-state index >= 15 is 0 Å². The van der Waals surface area contributed by atoms with E-state index in [1.54, 1.807) is 18.2 Å². The predicted octanol–water partition coefficient (Wildman–Crippen LogP) is 1.92. The van der Waals surface area contributed by atoms with Gasteiger partial charge in [0.2, 0.25) is 5.91 Å². The Morgan fingerprint density at radius 3 is 2.75 bits per heavy atom. The highest BCUT2D eigenvalue weighted by atomic mass is 127. The molecule has 2 heterocycles. The van der Waals surface area contributed by atoms with Crippen LogP contribution in [0.5, 0.6) is 5.75 Å². The summed E-state index contributed by atoms with van der Waals surface area (Å²) in [7, 11) is 0. The number of pyridine rings is 1. The van der Waals surface area contributed by atoms with Crippen LogP contribution in [-0.4, -0.2) is 27.8 Å². The molecule has 28 heavy (non-hydrogen) atoms. The van der Waals surface area contributed by atoms with Crippen molar-refractivity contribution in [1.82, 2.24) is 15.6 Å². The van der Waals surface area contributed by atoms with Crippen molar-refractivity contribution in [2.24, 2.45) is 0 Å². The highest BCUT2D eigenvalue weighted by Gasteiger charge is 2.27. The van der Waals surface area contributed by atoms with Crippen molar-refractivity contribution in [3.63, 3.8) is 0 Å². The number of halogens is 1. The number of carbonyl (C=O) groups excluding carboxylic acids is 3. The number of imide groups is 1. The number of aromatic hydroxyl groups is 1. The largest absolute Gasteiger partial charge is 0.506 e. The van der Waals surface area contributed by atoms with Crippen LogP contribution in [0.15, 0.2) is 49.3 Å². The van der Waals surface area contributed by atoms with Crippen molar-refractivity contribution < 1.29 is 19.5 Å². The third kappa shape index (κ3) is 4.19. The van der Waals surface area contributed by atoms with Crippen molar-refractivity contribution in [2.45, 2.75) is 6.54 Å². The molecule has 1 aromatic carbocycles. The molecule has 1 aromatic heterocycles. The van der Waals surface area contributed by atoms with Gasteiger partial charge in [0.1, 0.15) is 11.4 Å². The summed E-state index contributed by atoms with van der Waals surface area (Å²) in [6, 6.07) is 6.62. The van der Waals surface area contributed by atoms with Gasteiger partial charge in [-0.2, -0.15) is 0 Å². The fourth-order valence-corrected chi connectivity index (χ4v) is 3.05. The molecule has 3 rings (SSSR count). The number of fused-ring (bicyclic) bond motifs is 1. The molecule has 1 aliphatic rings. The molecule has 0 spiro atoms. The molecule has 0 unspecified atom stereocenters. The normalized spacial score (nSPS) is 14.2. The van der Waals surface area contributed by atoms with Gasteiger partial charge in [0, 0.05) is 27.0 Å². The quantitative estimate of drug-likeness (QED) is 0.289. The van der Waals surface area contributed by atoms with Crippen LogP contribution in [0, 0.1) is 3.57 Å². The molecule has 2 aromatic rings. The summed E-state index contributed by atoms with van der Waals surface area (Å²) in [6.45, 7) is 3.55. The molecule has 0 bridgehead atoms. The molecule has 0 radical (unpaired) electrons. The Morgan fingerprint density at radius 1 is 1.25 bits per heavy atom. The molecule has 8 nitrogen and oxygen atoms in total. The van der Waals surface area contributed by atoms with Crippen molar-refractivity contribution >= 4 is 51.6 Å². The number of aromatic nitrogens is 1. The Morgan fingerprint density at radius 2 is 2.04 bits per heavy atom. The van der Waals surface area contributed by atoms with Crippen molar-refractivity contribution in [3.05, 3.63) is 69.7 Å². The molecule has 0 atom stereocenters. The zero-order valence-electron chi connectivity index (χ0n) is 14.5. The lowest BCUT2D eigenvalue weighted by Crippen LogP contribution is -2.37. The molecular weight excluding hydrogens is 475 g/mol. The van der Waals surface area contributed by atoms with Gasteiger partial charge < -0.3 is 15.7 Å². The summed E-state index contributed by atoms with van der Waals surface area (Å²) >= 11 is 2.11. The lowest BCUT2D eigenvalue weighted by atomic mass is 9.96. The number of anilines is 1. The molecule has 4 N–H and O–H groups in total. The van der Waals surface area contributed by atoms with Crippen LogP contribution in [0.3, 0.4) is 0 Å². The second-order valence-electron chi connectivity index (χ2n) is 5.80. The second kappa shape index (κ2) is 8.21. The Kier molecular flexibility index (Phi) is 5.73. The summed E-state index contributed by atoms with van der Waals surface area (Å²) in [4.78, 5) is 39.6. The van der Waals surface area contributed by atoms with Gasteiger partial charge >= 0.3 is 0 Å². The minimum absolute atomic E-state index is 0.143. The molecule has 3 amide bonds. The summed E-state index contributed by atoms with van der Waals surface area (Å²) in [6.07, 6.45) is 3.91. The van der Waals surface area contributed by atoms with Crippen LogP contribution in [-0.2, 0) is 16.1 Å². The van der Waals surface area contributed by atoms with E-state index in [0.29, 0.717) is 22.4 Å². The number of nitrogens with one attached hydrogen (secondary N) is 3. The summed E-state index contributed by atoms with van der Waals surface area (Å²) in [5.41, 5.74) is 1.95. The maximum Gasteiger partial charge on any atom is 0.260 e. The Hall–Kier alpha value is -3.21. The van der Waals surface area contributed by atoms with Crippen molar-refractivity contribution in [2.75, 3.05) is 5.32 Å².